The van der Waals surface area contributed by atoms with Gasteiger partial charge in [0.05, 0.1) is 47.8 Å². The molecule has 0 aliphatic heterocycles. The maximum absolute atomic E-state index is 2.43. The van der Waals surface area contributed by atoms with Crippen LogP contribution in [0.25, 0.3) is 0 Å². The number of benzene rings is 1. The minimum absolute atomic E-state index is 0. The molecule has 0 aliphatic carbocycles. The molecular formula is C43H86Cl2N2. The van der Waals surface area contributed by atoms with Crippen molar-refractivity contribution in [1.29, 1.82) is 0 Å². The summed E-state index contributed by atoms with van der Waals surface area (Å²) in [7, 11) is 9.59. The fraction of sp³-hybridized carbons (Fsp3) is 0.860. The van der Waals surface area contributed by atoms with Crippen molar-refractivity contribution in [2.24, 2.45) is 0 Å². The monoisotopic (exact) mass is 701 g/mol. The summed E-state index contributed by atoms with van der Waals surface area (Å²) in [6, 6.07) is 10.9. The van der Waals surface area contributed by atoms with E-state index in [0.717, 1.165) is 11.0 Å². The third kappa shape index (κ3) is 38.4. The van der Waals surface area contributed by atoms with Crippen LogP contribution in [0.2, 0.25) is 0 Å². The van der Waals surface area contributed by atoms with Crippen molar-refractivity contribution in [1.82, 2.24) is 0 Å². The first-order valence-corrected chi connectivity index (χ1v) is 20.4. The van der Waals surface area contributed by atoms with Crippen LogP contribution in [0.15, 0.2) is 30.3 Å². The van der Waals surface area contributed by atoms with Crippen LogP contribution >= 0.6 is 0 Å². The van der Waals surface area contributed by atoms with Crippen LogP contribution in [-0.4, -0.2) is 56.8 Å². The van der Waals surface area contributed by atoms with Gasteiger partial charge in [-0.2, -0.15) is 0 Å². The van der Waals surface area contributed by atoms with Gasteiger partial charge in [-0.1, -0.05) is 180 Å². The summed E-state index contributed by atoms with van der Waals surface area (Å²) in [6.45, 7) is 12.1. The van der Waals surface area contributed by atoms with E-state index in [1.807, 2.05) is 0 Å². The summed E-state index contributed by atoms with van der Waals surface area (Å²) >= 11 is 0. The normalized spacial score (nSPS) is 11.4. The van der Waals surface area contributed by atoms with Crippen molar-refractivity contribution in [2.75, 3.05) is 47.8 Å². The molecule has 0 radical (unpaired) electrons. The van der Waals surface area contributed by atoms with E-state index in [0.29, 0.717) is 0 Å². The Bertz CT molecular complexity index is 685. The minimum atomic E-state index is 0. The van der Waals surface area contributed by atoms with E-state index in [2.05, 4.69) is 79.3 Å². The van der Waals surface area contributed by atoms with Gasteiger partial charge in [0, 0.05) is 5.56 Å². The van der Waals surface area contributed by atoms with Crippen molar-refractivity contribution in [3.05, 3.63) is 35.9 Å². The van der Waals surface area contributed by atoms with Gasteiger partial charge in [0.1, 0.15) is 6.54 Å². The largest absolute Gasteiger partial charge is 1.00 e. The molecule has 0 unspecified atom stereocenters. The molecule has 2 nitrogen and oxygen atoms in total. The van der Waals surface area contributed by atoms with Crippen LogP contribution in [0.3, 0.4) is 0 Å². The van der Waals surface area contributed by atoms with E-state index in [9.17, 15) is 0 Å². The third-order valence-corrected chi connectivity index (χ3v) is 9.80. The van der Waals surface area contributed by atoms with Crippen LogP contribution < -0.4 is 24.8 Å². The van der Waals surface area contributed by atoms with Gasteiger partial charge in [0.2, 0.25) is 0 Å². The van der Waals surface area contributed by atoms with Crippen molar-refractivity contribution in [3.8, 4) is 0 Å². The SMILES string of the molecule is CCCCCCCCCCCC[N+](C)(C)Cc1ccccc1.CCCCCCCCCC[N+](C)(C)CCCCCCCCCC.[Cl-].[Cl-]. The predicted molar refractivity (Wildman–Crippen MR) is 206 cm³/mol. The first-order valence-electron chi connectivity index (χ1n) is 20.4. The Labute approximate surface area is 310 Å². The molecule has 1 rings (SSSR count). The zero-order chi connectivity index (χ0) is 33.3. The number of rotatable bonds is 31. The molecule has 4 heteroatoms. The highest BCUT2D eigenvalue weighted by molar-refractivity contribution is 5.13. The van der Waals surface area contributed by atoms with E-state index in [1.165, 1.54) is 197 Å². The highest BCUT2D eigenvalue weighted by Crippen LogP contribution is 2.15. The predicted octanol–water partition coefficient (Wildman–Crippen LogP) is 7.54. The fourth-order valence-corrected chi connectivity index (χ4v) is 6.64. The van der Waals surface area contributed by atoms with Crippen molar-refractivity contribution in [3.63, 3.8) is 0 Å². The maximum atomic E-state index is 2.43. The summed E-state index contributed by atoms with van der Waals surface area (Å²) < 4.78 is 2.35. The molecule has 0 N–H and O–H groups in total. The Morgan fingerprint density at radius 1 is 0.340 bits per heavy atom. The number of hydrogen-bond donors (Lipinski definition) is 0. The quantitative estimate of drug-likeness (QED) is 0.0555. The van der Waals surface area contributed by atoms with Crippen molar-refractivity contribution >= 4 is 0 Å². The minimum Gasteiger partial charge on any atom is -1.00 e. The van der Waals surface area contributed by atoms with Gasteiger partial charge in [-0.05, 0) is 38.5 Å². The molecule has 0 heterocycles. The summed E-state index contributed by atoms with van der Waals surface area (Å²) in [4.78, 5) is 0. The van der Waals surface area contributed by atoms with Crippen LogP contribution in [-0.2, 0) is 6.54 Å². The van der Waals surface area contributed by atoms with Gasteiger partial charge in [-0.25, -0.2) is 0 Å². The van der Waals surface area contributed by atoms with Gasteiger partial charge in [0.15, 0.2) is 0 Å². The number of hydrogen-bond acceptors (Lipinski definition) is 0. The van der Waals surface area contributed by atoms with Gasteiger partial charge >= 0.3 is 0 Å². The molecule has 47 heavy (non-hydrogen) atoms. The number of unbranched alkanes of at least 4 members (excludes halogenated alkanes) is 23. The van der Waals surface area contributed by atoms with Crippen LogP contribution in [0.1, 0.15) is 193 Å². The summed E-state index contributed by atoms with van der Waals surface area (Å²) in [6.07, 6.45) is 37.3. The van der Waals surface area contributed by atoms with E-state index in [4.69, 9.17) is 0 Å². The first kappa shape index (κ1) is 51.1. The molecule has 1 aromatic rings. The zero-order valence-corrected chi connectivity index (χ0v) is 34.8. The molecule has 282 valence electrons. The number of nitrogens with zero attached hydrogens (tertiary/aromatic N) is 2. The Balaban J connectivity index is -0.000000791. The number of quaternary nitrogens is 2. The molecule has 0 aliphatic rings. The Morgan fingerprint density at radius 2 is 0.596 bits per heavy atom. The lowest BCUT2D eigenvalue weighted by Gasteiger charge is -2.30. The second-order valence-electron chi connectivity index (χ2n) is 15.8. The highest BCUT2D eigenvalue weighted by atomic mass is 35.5. The van der Waals surface area contributed by atoms with Crippen molar-refractivity contribution < 1.29 is 33.8 Å². The fourth-order valence-electron chi connectivity index (χ4n) is 6.64. The standard InChI is InChI=1S/C22H48N.C21H38N.2ClH/c1-5-7-9-11-13-15-17-19-21-23(3,4)22-20-18-16-14-12-10-8-6-2;1-4-5-6-7-8-9-10-11-12-16-19-22(2,3)20-21-17-14-13-15-18-21;;/h5-22H2,1-4H3;13-15,17-18H,4-12,16,19-20H2,1-3H3;2*1H/q2*+1;;/p-2. The van der Waals surface area contributed by atoms with Gasteiger partial charge in [0.25, 0.3) is 0 Å². The second-order valence-corrected chi connectivity index (χ2v) is 15.8. The smallest absolute Gasteiger partial charge is 0.104 e. The molecule has 0 saturated carbocycles. The van der Waals surface area contributed by atoms with Gasteiger partial charge in [-0.15, -0.1) is 0 Å². The Hall–Kier alpha value is -0.280. The molecule has 0 atom stereocenters. The average molecular weight is 702 g/mol. The zero-order valence-electron chi connectivity index (χ0n) is 33.3. The van der Waals surface area contributed by atoms with E-state index in [1.54, 1.807) is 0 Å². The molecular weight excluding hydrogens is 615 g/mol. The van der Waals surface area contributed by atoms with E-state index >= 15 is 0 Å². The maximum Gasteiger partial charge on any atom is 0.104 e. The summed E-state index contributed by atoms with van der Waals surface area (Å²) in [5, 5.41) is 0. The molecule has 0 amide bonds. The lowest BCUT2D eigenvalue weighted by molar-refractivity contribution is -0.903. The molecule has 0 spiro atoms. The summed E-state index contributed by atoms with van der Waals surface area (Å²) in [5.41, 5.74) is 1.46. The Kier molecular flexibility index (Phi) is 40.2. The van der Waals surface area contributed by atoms with Crippen molar-refractivity contribution in [2.45, 2.75) is 194 Å². The Morgan fingerprint density at radius 3 is 0.894 bits per heavy atom. The third-order valence-electron chi connectivity index (χ3n) is 9.80. The molecule has 0 bridgehead atoms. The highest BCUT2D eigenvalue weighted by Gasteiger charge is 2.15. The van der Waals surface area contributed by atoms with Gasteiger partial charge < -0.3 is 33.8 Å². The number of halogens is 2. The molecule has 0 saturated heterocycles. The average Bonchev–Trinajstić information content (AvgIpc) is 3.01. The topological polar surface area (TPSA) is 0 Å². The van der Waals surface area contributed by atoms with E-state index in [-0.39, 0.29) is 24.8 Å². The van der Waals surface area contributed by atoms with Crippen LogP contribution in [0.4, 0.5) is 0 Å². The summed E-state index contributed by atoms with van der Waals surface area (Å²) in [5.74, 6) is 0. The van der Waals surface area contributed by atoms with Crippen LogP contribution in [0.5, 0.6) is 0 Å². The molecule has 0 fully saturated rings. The van der Waals surface area contributed by atoms with Gasteiger partial charge in [-0.3, -0.25) is 0 Å². The van der Waals surface area contributed by atoms with E-state index < -0.39 is 0 Å². The lowest BCUT2D eigenvalue weighted by Crippen LogP contribution is -3.00. The first-order chi connectivity index (χ1) is 21.8. The van der Waals surface area contributed by atoms with Crippen LogP contribution in [0, 0.1) is 0 Å². The molecule has 0 aromatic heterocycles. The lowest BCUT2D eigenvalue weighted by atomic mass is 10.1. The molecule has 1 aromatic carbocycles. The second kappa shape index (κ2) is 37.0.